The molecule has 1 fully saturated rings. The van der Waals surface area contributed by atoms with E-state index in [9.17, 15) is 4.79 Å². The molecule has 1 rings (SSSR count). The van der Waals surface area contributed by atoms with Crippen LogP contribution in [0, 0.1) is 0 Å². The number of hydrogen-bond donors (Lipinski definition) is 0. The molecule has 0 aromatic rings. The van der Waals surface area contributed by atoms with Gasteiger partial charge in [0.15, 0.2) is 0 Å². The zero-order valence-corrected chi connectivity index (χ0v) is 8.87. The predicted octanol–water partition coefficient (Wildman–Crippen LogP) is 0.543. The zero-order valence-electron chi connectivity index (χ0n) is 6.72. The molecule has 0 N–H and O–H groups in total. The fraction of sp³-hybridized carbons (Fsp3) is 0.857. The maximum Gasteiger partial charge on any atom is 0.219 e. The Labute approximate surface area is 80.9 Å². The van der Waals surface area contributed by atoms with Gasteiger partial charge < -0.3 is 4.90 Å². The summed E-state index contributed by atoms with van der Waals surface area (Å²) in [6.07, 6.45) is 0. The van der Waals surface area contributed by atoms with Crippen molar-refractivity contribution in [2.45, 2.75) is 6.92 Å². The van der Waals surface area contributed by atoms with E-state index in [2.05, 4.69) is 27.5 Å². The number of amides is 1. The van der Waals surface area contributed by atoms with Crippen LogP contribution in [-0.4, -0.2) is 46.4 Å². The van der Waals surface area contributed by atoms with Crippen LogP contribution in [0.15, 0.2) is 0 Å². The topological polar surface area (TPSA) is 23.6 Å². The van der Waals surface area contributed by atoms with Crippen molar-refractivity contribution in [2.24, 2.45) is 0 Å². The lowest BCUT2D eigenvalue weighted by atomic mass is 10.3. The summed E-state index contributed by atoms with van der Waals surface area (Å²) in [6.45, 7) is 5.50. The van der Waals surface area contributed by atoms with Gasteiger partial charge in [0.25, 0.3) is 0 Å². The quantitative estimate of drug-likeness (QED) is 0.394. The Morgan fingerprint density at radius 2 is 1.91 bits per heavy atom. The molecule has 0 unspecified atom stereocenters. The van der Waals surface area contributed by atoms with Gasteiger partial charge in [0, 0.05) is 33.1 Å². The highest BCUT2D eigenvalue weighted by atomic mass is 127. The van der Waals surface area contributed by atoms with Crippen LogP contribution < -0.4 is 0 Å². The lowest BCUT2D eigenvalue weighted by Crippen LogP contribution is -2.47. The Morgan fingerprint density at radius 1 is 1.36 bits per heavy atom. The summed E-state index contributed by atoms with van der Waals surface area (Å²) < 4.78 is 1.07. The number of alkyl halides is 1. The molecule has 0 aromatic carbocycles. The van der Waals surface area contributed by atoms with Crippen molar-refractivity contribution in [3.8, 4) is 0 Å². The highest BCUT2D eigenvalue weighted by Gasteiger charge is 2.16. The van der Waals surface area contributed by atoms with Gasteiger partial charge in [0.2, 0.25) is 5.91 Å². The molecule has 4 heteroatoms. The molecule has 1 aliphatic heterocycles. The van der Waals surface area contributed by atoms with Crippen LogP contribution in [0.4, 0.5) is 0 Å². The third-order valence-electron chi connectivity index (χ3n) is 1.99. The minimum absolute atomic E-state index is 0.207. The summed E-state index contributed by atoms with van der Waals surface area (Å²) in [6, 6.07) is 0. The van der Waals surface area contributed by atoms with Gasteiger partial charge in [0.05, 0.1) is 4.55 Å². The molecule has 1 saturated heterocycles. The Bertz CT molecular complexity index is 143. The highest BCUT2D eigenvalue weighted by Crippen LogP contribution is 2.03. The molecule has 0 bridgehead atoms. The Morgan fingerprint density at radius 3 is 2.27 bits per heavy atom. The summed E-state index contributed by atoms with van der Waals surface area (Å²) in [5, 5.41) is 0. The Balaban J connectivity index is 2.30. The van der Waals surface area contributed by atoms with Crippen molar-refractivity contribution in [3.63, 3.8) is 0 Å². The van der Waals surface area contributed by atoms with E-state index in [1.165, 1.54) is 0 Å². The summed E-state index contributed by atoms with van der Waals surface area (Å²) >= 11 is 2.35. The monoisotopic (exact) mass is 268 g/mol. The maximum atomic E-state index is 10.9. The van der Waals surface area contributed by atoms with Crippen molar-refractivity contribution in [1.29, 1.82) is 0 Å². The van der Waals surface area contributed by atoms with Gasteiger partial charge in [-0.25, -0.2) is 0 Å². The minimum Gasteiger partial charge on any atom is -0.340 e. The smallest absolute Gasteiger partial charge is 0.219 e. The van der Waals surface area contributed by atoms with Gasteiger partial charge in [-0.3, -0.25) is 9.69 Å². The first kappa shape index (κ1) is 9.25. The number of halogens is 1. The van der Waals surface area contributed by atoms with Gasteiger partial charge in [-0.1, -0.05) is 22.6 Å². The molecule has 0 aliphatic carbocycles. The van der Waals surface area contributed by atoms with Crippen molar-refractivity contribution >= 4 is 28.5 Å². The molecule has 11 heavy (non-hydrogen) atoms. The van der Waals surface area contributed by atoms with E-state index in [0.29, 0.717) is 0 Å². The van der Waals surface area contributed by atoms with E-state index >= 15 is 0 Å². The second-order valence-electron chi connectivity index (χ2n) is 2.74. The molecule has 64 valence electrons. The Kier molecular flexibility index (Phi) is 3.58. The molecule has 0 atom stereocenters. The van der Waals surface area contributed by atoms with Crippen LogP contribution in [-0.2, 0) is 4.79 Å². The molecule has 0 aromatic heterocycles. The third kappa shape index (κ3) is 2.59. The molecule has 3 nitrogen and oxygen atoms in total. The summed E-state index contributed by atoms with van der Waals surface area (Å²) in [4.78, 5) is 15.2. The first-order valence-electron chi connectivity index (χ1n) is 3.78. The third-order valence-corrected chi connectivity index (χ3v) is 2.95. The van der Waals surface area contributed by atoms with E-state index in [1.54, 1.807) is 6.92 Å². The number of nitrogens with zero attached hydrogens (tertiary/aromatic N) is 2. The van der Waals surface area contributed by atoms with Crippen LogP contribution in [0.1, 0.15) is 6.92 Å². The van der Waals surface area contributed by atoms with Crippen LogP contribution in [0.25, 0.3) is 0 Å². The van der Waals surface area contributed by atoms with Crippen molar-refractivity contribution in [1.82, 2.24) is 9.80 Å². The number of carbonyl (C=O) groups is 1. The molecule has 0 spiro atoms. The predicted molar refractivity (Wildman–Crippen MR) is 52.7 cm³/mol. The minimum atomic E-state index is 0.207. The van der Waals surface area contributed by atoms with E-state index in [-0.39, 0.29) is 5.91 Å². The lowest BCUT2D eigenvalue weighted by Gasteiger charge is -2.32. The number of carbonyl (C=O) groups excluding carboxylic acids is 1. The normalized spacial score (nSPS) is 20.4. The second kappa shape index (κ2) is 4.25. The first-order valence-corrected chi connectivity index (χ1v) is 5.30. The maximum absolute atomic E-state index is 10.9. The average Bonchev–Trinajstić information content (AvgIpc) is 2.05. The number of rotatable bonds is 1. The summed E-state index contributed by atoms with van der Waals surface area (Å²) in [5.74, 6) is 0.207. The zero-order chi connectivity index (χ0) is 8.27. The van der Waals surface area contributed by atoms with Crippen molar-refractivity contribution in [2.75, 3.05) is 30.7 Å². The van der Waals surface area contributed by atoms with Gasteiger partial charge >= 0.3 is 0 Å². The molecule has 0 radical (unpaired) electrons. The van der Waals surface area contributed by atoms with E-state index in [4.69, 9.17) is 0 Å². The Hall–Kier alpha value is 0.160. The average molecular weight is 268 g/mol. The van der Waals surface area contributed by atoms with Crippen molar-refractivity contribution < 1.29 is 4.79 Å². The van der Waals surface area contributed by atoms with Crippen LogP contribution in [0.5, 0.6) is 0 Å². The first-order chi connectivity index (χ1) is 5.24. The fourth-order valence-corrected chi connectivity index (χ4v) is 1.86. The molecule has 1 heterocycles. The van der Waals surface area contributed by atoms with E-state index in [0.717, 1.165) is 30.7 Å². The lowest BCUT2D eigenvalue weighted by molar-refractivity contribution is -0.130. The summed E-state index contributed by atoms with van der Waals surface area (Å²) in [7, 11) is 0. The molecular weight excluding hydrogens is 255 g/mol. The summed E-state index contributed by atoms with van der Waals surface area (Å²) in [5.41, 5.74) is 0. The fourth-order valence-electron chi connectivity index (χ4n) is 1.18. The van der Waals surface area contributed by atoms with Crippen LogP contribution in [0.3, 0.4) is 0 Å². The highest BCUT2D eigenvalue weighted by molar-refractivity contribution is 14.1. The van der Waals surface area contributed by atoms with E-state index in [1.807, 2.05) is 4.90 Å². The van der Waals surface area contributed by atoms with Crippen LogP contribution in [0.2, 0.25) is 0 Å². The molecular formula is C7H13IN2O. The van der Waals surface area contributed by atoms with Gasteiger partial charge in [-0.05, 0) is 0 Å². The second-order valence-corrected chi connectivity index (χ2v) is 3.43. The SMILES string of the molecule is CC(=O)N1CCN(CI)CC1. The largest absolute Gasteiger partial charge is 0.340 e. The molecule has 0 saturated carbocycles. The molecule has 1 aliphatic rings. The van der Waals surface area contributed by atoms with E-state index < -0.39 is 0 Å². The van der Waals surface area contributed by atoms with Gasteiger partial charge in [0.1, 0.15) is 0 Å². The number of piperazine rings is 1. The standard InChI is InChI=1S/C7H13IN2O/c1-7(11)10-4-2-9(6-8)3-5-10/h2-6H2,1H3. The van der Waals surface area contributed by atoms with Crippen molar-refractivity contribution in [3.05, 3.63) is 0 Å². The van der Waals surface area contributed by atoms with Gasteiger partial charge in [-0.2, -0.15) is 0 Å². The van der Waals surface area contributed by atoms with Crippen LogP contribution >= 0.6 is 22.6 Å². The molecule has 1 amide bonds. The van der Waals surface area contributed by atoms with Gasteiger partial charge in [-0.15, -0.1) is 0 Å². The number of hydrogen-bond acceptors (Lipinski definition) is 2.